The topological polar surface area (TPSA) is 104 Å². The van der Waals surface area contributed by atoms with Crippen LogP contribution in [0.4, 0.5) is 14.9 Å². The Morgan fingerprint density at radius 1 is 1.32 bits per heavy atom. The van der Waals surface area contributed by atoms with E-state index in [-0.39, 0.29) is 22.1 Å². The number of nitrogen functional groups attached to an aromatic ring is 1. The summed E-state index contributed by atoms with van der Waals surface area (Å²) in [5.41, 5.74) is 12.0. The van der Waals surface area contributed by atoms with Crippen LogP contribution in [0.15, 0.2) is 24.3 Å². The number of hydrogen-bond donors (Lipinski definition) is 2. The monoisotopic (exact) mass is 318 g/mol. The minimum absolute atomic E-state index is 0.158. The number of hydrogen-bond acceptors (Lipinski definition) is 6. The van der Waals surface area contributed by atoms with Crippen molar-refractivity contribution in [2.45, 2.75) is 6.92 Å². The van der Waals surface area contributed by atoms with Crippen LogP contribution in [-0.4, -0.2) is 16.1 Å². The number of aromatic nitrogens is 2. The molecule has 0 atom stereocenters. The van der Waals surface area contributed by atoms with Crippen molar-refractivity contribution in [3.05, 3.63) is 35.8 Å². The summed E-state index contributed by atoms with van der Waals surface area (Å²) in [6, 6.07) is 6.22. The van der Waals surface area contributed by atoms with Gasteiger partial charge in [0, 0.05) is 0 Å². The molecule has 0 radical (unpaired) electrons. The molecule has 0 aliphatic rings. The van der Waals surface area contributed by atoms with Crippen molar-refractivity contribution in [3.63, 3.8) is 0 Å². The van der Waals surface area contributed by atoms with Crippen LogP contribution in [-0.2, 0) is 0 Å². The third-order valence-corrected chi connectivity index (χ3v) is 4.02. The van der Waals surface area contributed by atoms with E-state index in [0.717, 1.165) is 11.3 Å². The molecule has 3 aromatic rings. The van der Waals surface area contributed by atoms with Gasteiger partial charge in [0.25, 0.3) is 0 Å². The number of nitrogens with zero attached hydrogens (tertiary/aromatic N) is 2. The van der Waals surface area contributed by atoms with Crippen LogP contribution in [0, 0.1) is 12.7 Å². The van der Waals surface area contributed by atoms with E-state index in [1.807, 2.05) is 0 Å². The fourth-order valence-electron chi connectivity index (χ4n) is 2.11. The van der Waals surface area contributed by atoms with Crippen molar-refractivity contribution >= 4 is 33.3 Å². The summed E-state index contributed by atoms with van der Waals surface area (Å²) in [6.07, 6.45) is -0.960. The van der Waals surface area contributed by atoms with Crippen LogP contribution >= 0.6 is 11.3 Å². The first-order valence-corrected chi connectivity index (χ1v) is 7.08. The molecule has 1 aromatic carbocycles. The molecule has 0 spiro atoms. The van der Waals surface area contributed by atoms with Gasteiger partial charge in [0.2, 0.25) is 5.06 Å². The second-order valence-corrected chi connectivity index (χ2v) is 5.48. The Hall–Kier alpha value is -2.74. The van der Waals surface area contributed by atoms with Gasteiger partial charge in [0.1, 0.15) is 10.6 Å². The first kappa shape index (κ1) is 14.2. The summed E-state index contributed by atoms with van der Waals surface area (Å²) in [6.45, 7) is 1.73. The Kier molecular flexibility index (Phi) is 3.38. The minimum atomic E-state index is -0.960. The molecule has 112 valence electrons. The highest BCUT2D eigenvalue weighted by molar-refractivity contribution is 7.21. The smallest absolute Gasteiger partial charge is 0.397 e. The average molecular weight is 318 g/mol. The van der Waals surface area contributed by atoms with E-state index in [1.165, 1.54) is 6.07 Å². The predicted molar refractivity (Wildman–Crippen MR) is 82.2 cm³/mol. The SMILES string of the molecule is Cc1nc(-c2ccccc2F)nc2sc(OC(N)=O)c(N)c12. The van der Waals surface area contributed by atoms with Crippen LogP contribution < -0.4 is 16.2 Å². The fraction of sp³-hybridized carbons (Fsp3) is 0.0714. The first-order chi connectivity index (χ1) is 10.5. The molecular weight excluding hydrogens is 307 g/mol. The van der Waals surface area contributed by atoms with Gasteiger partial charge in [0.05, 0.1) is 22.3 Å². The number of carbonyl (C=O) groups excluding carboxylic acids is 1. The number of rotatable bonds is 2. The van der Waals surface area contributed by atoms with E-state index < -0.39 is 11.9 Å². The van der Waals surface area contributed by atoms with Gasteiger partial charge >= 0.3 is 6.09 Å². The Balaban J connectivity index is 2.21. The van der Waals surface area contributed by atoms with Crippen molar-refractivity contribution in [2.75, 3.05) is 5.73 Å². The maximum atomic E-state index is 13.9. The summed E-state index contributed by atoms with van der Waals surface area (Å²) in [5, 5.41) is 0.729. The molecule has 8 heteroatoms. The highest BCUT2D eigenvalue weighted by atomic mass is 32.1. The second kappa shape index (κ2) is 5.23. The van der Waals surface area contributed by atoms with Crippen molar-refractivity contribution in [1.29, 1.82) is 0 Å². The number of ether oxygens (including phenoxy) is 1. The zero-order valence-electron chi connectivity index (χ0n) is 11.5. The number of thiophene rings is 1. The van der Waals surface area contributed by atoms with Crippen LogP contribution in [0.1, 0.15) is 5.69 Å². The number of aryl methyl sites for hydroxylation is 1. The van der Waals surface area contributed by atoms with Crippen molar-refractivity contribution in [2.24, 2.45) is 5.73 Å². The van der Waals surface area contributed by atoms with Gasteiger partial charge in [-0.2, -0.15) is 0 Å². The summed E-state index contributed by atoms with van der Waals surface area (Å²) >= 11 is 1.06. The van der Waals surface area contributed by atoms with Crippen LogP contribution in [0.2, 0.25) is 0 Å². The quantitative estimate of drug-likeness (QED) is 0.756. The molecule has 0 fully saturated rings. The average Bonchev–Trinajstić information content (AvgIpc) is 2.75. The molecule has 22 heavy (non-hydrogen) atoms. The number of halogens is 1. The van der Waals surface area contributed by atoms with Gasteiger partial charge in [-0.15, -0.1) is 0 Å². The van der Waals surface area contributed by atoms with Crippen LogP contribution in [0.25, 0.3) is 21.6 Å². The molecule has 0 aliphatic carbocycles. The molecule has 0 bridgehead atoms. The number of benzene rings is 1. The Morgan fingerprint density at radius 2 is 2.05 bits per heavy atom. The zero-order valence-corrected chi connectivity index (χ0v) is 12.3. The molecular formula is C14H11FN4O2S. The number of nitrogens with two attached hydrogens (primary N) is 2. The van der Waals surface area contributed by atoms with Gasteiger partial charge in [-0.05, 0) is 19.1 Å². The lowest BCUT2D eigenvalue weighted by atomic mass is 10.2. The minimum Gasteiger partial charge on any atom is -0.397 e. The summed E-state index contributed by atoms with van der Waals surface area (Å²) in [5.74, 6) is -0.172. The predicted octanol–water partition coefficient (Wildman–Crippen LogP) is 2.85. The molecule has 2 heterocycles. The third kappa shape index (κ3) is 2.33. The number of anilines is 1. The lowest BCUT2D eigenvalue weighted by Crippen LogP contribution is -2.16. The molecule has 0 saturated carbocycles. The van der Waals surface area contributed by atoms with Gasteiger partial charge in [-0.25, -0.2) is 19.2 Å². The van der Waals surface area contributed by atoms with E-state index in [0.29, 0.717) is 15.9 Å². The normalized spacial score (nSPS) is 10.8. The summed E-state index contributed by atoms with van der Waals surface area (Å²) in [7, 11) is 0. The summed E-state index contributed by atoms with van der Waals surface area (Å²) in [4.78, 5) is 20.0. The van der Waals surface area contributed by atoms with E-state index in [4.69, 9.17) is 16.2 Å². The first-order valence-electron chi connectivity index (χ1n) is 6.26. The largest absolute Gasteiger partial charge is 0.410 e. The van der Waals surface area contributed by atoms with Crippen LogP contribution in [0.5, 0.6) is 5.06 Å². The van der Waals surface area contributed by atoms with Crippen molar-refractivity contribution in [3.8, 4) is 16.5 Å². The number of carbonyl (C=O) groups is 1. The third-order valence-electron chi connectivity index (χ3n) is 3.04. The maximum Gasteiger partial charge on any atom is 0.410 e. The van der Waals surface area contributed by atoms with E-state index >= 15 is 0 Å². The lowest BCUT2D eigenvalue weighted by molar-refractivity contribution is 0.212. The number of primary amides is 1. The van der Waals surface area contributed by atoms with Crippen molar-refractivity contribution < 1.29 is 13.9 Å². The molecule has 3 rings (SSSR count). The Morgan fingerprint density at radius 3 is 2.73 bits per heavy atom. The summed E-state index contributed by atoms with van der Waals surface area (Å²) < 4.78 is 18.7. The van der Waals surface area contributed by atoms with Crippen molar-refractivity contribution in [1.82, 2.24) is 9.97 Å². The van der Waals surface area contributed by atoms with Gasteiger partial charge < -0.3 is 16.2 Å². The molecule has 4 N–H and O–H groups in total. The highest BCUT2D eigenvalue weighted by Gasteiger charge is 2.19. The van der Waals surface area contributed by atoms with Crippen LogP contribution in [0.3, 0.4) is 0 Å². The van der Waals surface area contributed by atoms with Gasteiger partial charge in [0.15, 0.2) is 5.82 Å². The molecule has 1 amide bonds. The van der Waals surface area contributed by atoms with E-state index in [9.17, 15) is 9.18 Å². The Bertz CT molecular complexity index is 894. The standard InChI is InChI=1S/C14H11FN4O2S/c1-6-9-10(16)13(21-14(17)20)22-12(9)19-11(18-6)7-4-2-3-5-8(7)15/h2-5H,16H2,1H3,(H2,17,20). The van der Waals surface area contributed by atoms with Gasteiger partial charge in [-0.3, -0.25) is 0 Å². The zero-order chi connectivity index (χ0) is 15.9. The number of amides is 1. The molecule has 0 unspecified atom stereocenters. The second-order valence-electron chi connectivity index (χ2n) is 4.52. The highest BCUT2D eigenvalue weighted by Crippen LogP contribution is 2.41. The fourth-order valence-corrected chi connectivity index (χ4v) is 3.11. The molecule has 0 aliphatic heterocycles. The van der Waals surface area contributed by atoms with E-state index in [1.54, 1.807) is 25.1 Å². The molecule has 0 saturated heterocycles. The Labute approximate surface area is 128 Å². The van der Waals surface area contributed by atoms with Gasteiger partial charge in [-0.1, -0.05) is 23.5 Å². The lowest BCUT2D eigenvalue weighted by Gasteiger charge is -2.04. The number of fused-ring (bicyclic) bond motifs is 1. The maximum absolute atomic E-state index is 13.9. The molecule has 6 nitrogen and oxygen atoms in total. The molecule has 2 aromatic heterocycles. The van der Waals surface area contributed by atoms with E-state index in [2.05, 4.69) is 9.97 Å².